The average Bonchev–Trinajstić information content (AvgIpc) is 2.39. The van der Waals surface area contributed by atoms with Crippen molar-refractivity contribution in [2.45, 2.75) is 0 Å². The van der Waals surface area contributed by atoms with Gasteiger partial charge in [-0.05, 0) is 18.2 Å². The molecule has 0 amide bonds. The molecule has 0 N–H and O–H groups in total. The summed E-state index contributed by atoms with van der Waals surface area (Å²) in [6, 6.07) is 15.6. The number of nitrogens with zero attached hydrogens (tertiary/aromatic N) is 1. The van der Waals surface area contributed by atoms with Crippen molar-refractivity contribution in [3.8, 4) is 10.6 Å². The summed E-state index contributed by atoms with van der Waals surface area (Å²) in [7, 11) is 0. The molecule has 0 aliphatic heterocycles. The molecule has 0 aliphatic rings. The van der Waals surface area contributed by atoms with E-state index in [1.165, 1.54) is 11.3 Å². The van der Waals surface area contributed by atoms with E-state index in [1.54, 1.807) is 0 Å². The Kier molecular flexibility index (Phi) is 3.12. The van der Waals surface area contributed by atoms with E-state index < -0.39 is 0 Å². The molecule has 1 nitrogen and oxygen atoms in total. The van der Waals surface area contributed by atoms with E-state index in [0.717, 1.165) is 30.3 Å². The molecule has 2 aromatic carbocycles. The van der Waals surface area contributed by atoms with Crippen molar-refractivity contribution < 1.29 is 0 Å². The Morgan fingerprint density at radius 2 is 1.72 bits per heavy atom. The second-order valence-corrected chi connectivity index (χ2v) is 5.93. The summed E-state index contributed by atoms with van der Waals surface area (Å²) in [6.07, 6.45) is 0. The number of benzene rings is 2. The van der Waals surface area contributed by atoms with Gasteiger partial charge in [-0.25, -0.2) is 4.98 Å². The van der Waals surface area contributed by atoms with Crippen LogP contribution in [-0.4, -0.2) is 4.98 Å². The van der Waals surface area contributed by atoms with Gasteiger partial charge >= 0.3 is 0 Å². The Labute approximate surface area is 119 Å². The van der Waals surface area contributed by atoms with Crippen molar-refractivity contribution >= 4 is 46.1 Å². The number of halogens is 1. The number of rotatable bonds is 1. The van der Waals surface area contributed by atoms with Crippen molar-refractivity contribution in [3.63, 3.8) is 0 Å². The molecule has 0 radical (unpaired) electrons. The lowest BCUT2D eigenvalue weighted by Gasteiger charge is -2.02. The predicted molar refractivity (Wildman–Crippen MR) is 80.9 cm³/mol. The Morgan fingerprint density at radius 3 is 2.50 bits per heavy atom. The van der Waals surface area contributed by atoms with E-state index in [1.807, 2.05) is 48.5 Å². The first-order valence-electron chi connectivity index (χ1n) is 5.40. The molecule has 0 spiro atoms. The van der Waals surface area contributed by atoms with Crippen LogP contribution in [0, 0.1) is 3.82 Å². The van der Waals surface area contributed by atoms with Crippen molar-refractivity contribution in [1.29, 1.82) is 0 Å². The first-order chi connectivity index (χ1) is 8.74. The number of fused-ring (bicyclic) bond motifs is 1. The normalized spacial score (nSPS) is 10.7. The quantitative estimate of drug-likeness (QED) is 0.560. The molecule has 3 aromatic rings. The SMILES string of the molecule is S=c1sc(-c2ccc(Cl)cc2)nc2ccccc12. The summed E-state index contributed by atoms with van der Waals surface area (Å²) in [4.78, 5) is 4.64. The lowest BCUT2D eigenvalue weighted by Crippen LogP contribution is -1.83. The highest BCUT2D eigenvalue weighted by molar-refractivity contribution is 7.74. The molecular weight excluding hydrogens is 282 g/mol. The van der Waals surface area contributed by atoms with Crippen LogP contribution in [0.25, 0.3) is 21.5 Å². The Hall–Kier alpha value is -1.29. The van der Waals surface area contributed by atoms with Gasteiger partial charge in [0.1, 0.15) is 8.83 Å². The second kappa shape index (κ2) is 4.76. The zero-order chi connectivity index (χ0) is 12.5. The van der Waals surface area contributed by atoms with Crippen LogP contribution < -0.4 is 0 Å². The van der Waals surface area contributed by atoms with E-state index in [9.17, 15) is 0 Å². The summed E-state index contributed by atoms with van der Waals surface area (Å²) in [5, 5.41) is 2.69. The zero-order valence-electron chi connectivity index (χ0n) is 9.26. The molecule has 0 unspecified atom stereocenters. The topological polar surface area (TPSA) is 12.9 Å². The summed E-state index contributed by atoms with van der Waals surface area (Å²) >= 11 is 12.8. The second-order valence-electron chi connectivity index (χ2n) is 3.83. The third-order valence-corrected chi connectivity index (χ3v) is 4.27. The number of hydrogen-bond acceptors (Lipinski definition) is 3. The summed E-state index contributed by atoms with van der Waals surface area (Å²) in [5.74, 6) is 0. The first-order valence-corrected chi connectivity index (χ1v) is 7.00. The average molecular weight is 290 g/mol. The van der Waals surface area contributed by atoms with Crippen molar-refractivity contribution in [2.75, 3.05) is 0 Å². The van der Waals surface area contributed by atoms with Crippen LogP contribution in [0.5, 0.6) is 0 Å². The summed E-state index contributed by atoms with van der Waals surface area (Å²) in [6.45, 7) is 0. The van der Waals surface area contributed by atoms with E-state index in [4.69, 9.17) is 23.8 Å². The molecule has 88 valence electrons. The van der Waals surface area contributed by atoms with Crippen molar-refractivity contribution in [3.05, 3.63) is 57.4 Å². The highest BCUT2D eigenvalue weighted by Crippen LogP contribution is 2.27. The molecule has 4 heteroatoms. The van der Waals surface area contributed by atoms with E-state index >= 15 is 0 Å². The predicted octanol–water partition coefficient (Wildman–Crippen LogP) is 5.35. The minimum Gasteiger partial charge on any atom is -0.237 e. The van der Waals surface area contributed by atoms with Gasteiger partial charge in [0.2, 0.25) is 0 Å². The summed E-state index contributed by atoms with van der Waals surface area (Å²) < 4.78 is 0.866. The lowest BCUT2D eigenvalue weighted by atomic mass is 10.2. The van der Waals surface area contributed by atoms with Gasteiger partial charge in [0.25, 0.3) is 0 Å². The van der Waals surface area contributed by atoms with Gasteiger partial charge in [-0.1, -0.05) is 54.2 Å². The van der Waals surface area contributed by atoms with Gasteiger partial charge in [0.15, 0.2) is 0 Å². The number of para-hydroxylation sites is 1. The van der Waals surface area contributed by atoms with Crippen LogP contribution in [0.1, 0.15) is 0 Å². The van der Waals surface area contributed by atoms with E-state index in [0.29, 0.717) is 0 Å². The molecule has 18 heavy (non-hydrogen) atoms. The van der Waals surface area contributed by atoms with E-state index in [-0.39, 0.29) is 0 Å². The van der Waals surface area contributed by atoms with Gasteiger partial charge < -0.3 is 0 Å². The smallest absolute Gasteiger partial charge is 0.125 e. The zero-order valence-corrected chi connectivity index (χ0v) is 11.6. The largest absolute Gasteiger partial charge is 0.237 e. The molecule has 1 aromatic heterocycles. The fourth-order valence-electron chi connectivity index (χ4n) is 1.73. The van der Waals surface area contributed by atoms with Gasteiger partial charge in [-0.2, -0.15) is 0 Å². The fraction of sp³-hybridized carbons (Fsp3) is 0. The van der Waals surface area contributed by atoms with Gasteiger partial charge in [0, 0.05) is 16.0 Å². The molecule has 0 atom stereocenters. The maximum absolute atomic E-state index is 5.89. The molecule has 0 saturated heterocycles. The minimum absolute atomic E-state index is 0.725. The standard InChI is InChI=1S/C14H8ClNS2/c15-10-7-5-9(6-8-10)13-16-12-4-2-1-3-11(12)14(17)18-13/h1-8H. The lowest BCUT2D eigenvalue weighted by molar-refractivity contribution is 1.45. The molecule has 0 bridgehead atoms. The van der Waals surface area contributed by atoms with Crippen LogP contribution in [0.4, 0.5) is 0 Å². The minimum atomic E-state index is 0.725. The molecule has 0 saturated carbocycles. The van der Waals surface area contributed by atoms with Gasteiger partial charge in [-0.15, -0.1) is 11.3 Å². The molecule has 0 aliphatic carbocycles. The molecule has 0 fully saturated rings. The number of aromatic nitrogens is 1. The number of hydrogen-bond donors (Lipinski definition) is 0. The Balaban J connectivity index is 2.24. The third-order valence-electron chi connectivity index (χ3n) is 2.63. The molecule has 3 rings (SSSR count). The maximum atomic E-state index is 5.89. The van der Waals surface area contributed by atoms with Crippen LogP contribution in [0.3, 0.4) is 0 Å². The van der Waals surface area contributed by atoms with E-state index in [2.05, 4.69) is 4.98 Å². The molecule has 1 heterocycles. The van der Waals surface area contributed by atoms with Crippen LogP contribution in [0.15, 0.2) is 48.5 Å². The first kappa shape index (κ1) is 11.8. The monoisotopic (exact) mass is 289 g/mol. The van der Waals surface area contributed by atoms with Gasteiger partial charge in [-0.3, -0.25) is 0 Å². The summed E-state index contributed by atoms with van der Waals surface area (Å²) in [5.41, 5.74) is 1.98. The van der Waals surface area contributed by atoms with Gasteiger partial charge in [0.05, 0.1) is 5.52 Å². The Bertz CT molecular complexity index is 763. The fourth-order valence-corrected chi connectivity index (χ4v) is 3.13. The third kappa shape index (κ3) is 2.17. The highest BCUT2D eigenvalue weighted by atomic mass is 35.5. The maximum Gasteiger partial charge on any atom is 0.125 e. The van der Waals surface area contributed by atoms with Crippen molar-refractivity contribution in [2.24, 2.45) is 0 Å². The molecular formula is C14H8ClNS2. The highest BCUT2D eigenvalue weighted by Gasteiger charge is 2.04. The Morgan fingerprint density at radius 1 is 1.00 bits per heavy atom. The van der Waals surface area contributed by atoms with Crippen LogP contribution in [0.2, 0.25) is 5.02 Å². The van der Waals surface area contributed by atoms with Crippen molar-refractivity contribution in [1.82, 2.24) is 4.98 Å². The van der Waals surface area contributed by atoms with Crippen LogP contribution in [-0.2, 0) is 0 Å². The van der Waals surface area contributed by atoms with Crippen LogP contribution >= 0.6 is 35.2 Å².